The Hall–Kier alpha value is -1.88. The van der Waals surface area contributed by atoms with E-state index in [2.05, 4.69) is 15.3 Å². The van der Waals surface area contributed by atoms with Crippen molar-refractivity contribution in [1.82, 2.24) is 9.97 Å². The van der Waals surface area contributed by atoms with E-state index < -0.39 is 5.82 Å². The molecule has 0 atom stereocenters. The zero-order valence-corrected chi connectivity index (χ0v) is 13.1. The van der Waals surface area contributed by atoms with Crippen LogP contribution in [0.15, 0.2) is 18.2 Å². The molecule has 6 heteroatoms. The lowest BCUT2D eigenvalue weighted by Gasteiger charge is -2.14. The predicted octanol–water partition coefficient (Wildman–Crippen LogP) is 4.45. The Balaban J connectivity index is 2.43. The number of ether oxygens (including phenoxy) is 1. The number of benzene rings is 1. The maximum atomic E-state index is 13.9. The van der Waals surface area contributed by atoms with Crippen LogP contribution in [0.1, 0.15) is 31.2 Å². The van der Waals surface area contributed by atoms with E-state index in [0.29, 0.717) is 28.1 Å². The van der Waals surface area contributed by atoms with E-state index >= 15 is 0 Å². The zero-order chi connectivity index (χ0) is 15.6. The minimum Gasteiger partial charge on any atom is -0.497 e. The second kappa shape index (κ2) is 6.26. The molecule has 2 rings (SSSR count). The van der Waals surface area contributed by atoms with E-state index in [-0.39, 0.29) is 11.6 Å². The van der Waals surface area contributed by atoms with Gasteiger partial charge in [0.05, 0.1) is 12.8 Å². The van der Waals surface area contributed by atoms with Crippen molar-refractivity contribution < 1.29 is 9.13 Å². The molecule has 1 aromatic carbocycles. The van der Waals surface area contributed by atoms with Gasteiger partial charge in [-0.25, -0.2) is 14.4 Å². The van der Waals surface area contributed by atoms with Gasteiger partial charge in [0, 0.05) is 17.5 Å². The number of aromatic nitrogens is 2. The van der Waals surface area contributed by atoms with Crippen LogP contribution in [-0.2, 0) is 0 Å². The van der Waals surface area contributed by atoms with Gasteiger partial charge in [-0.05, 0) is 19.1 Å². The molecule has 112 valence electrons. The Kier molecular flexibility index (Phi) is 4.63. The summed E-state index contributed by atoms with van der Waals surface area (Å²) in [6.45, 7) is 5.72. The fraction of sp³-hybridized carbons (Fsp3) is 0.333. The first-order valence-electron chi connectivity index (χ1n) is 6.57. The van der Waals surface area contributed by atoms with E-state index in [1.54, 1.807) is 19.1 Å². The average Bonchev–Trinajstić information content (AvgIpc) is 2.45. The van der Waals surface area contributed by atoms with Gasteiger partial charge in [0.1, 0.15) is 28.4 Å². The van der Waals surface area contributed by atoms with E-state index in [1.807, 2.05) is 13.8 Å². The summed E-state index contributed by atoms with van der Waals surface area (Å²) < 4.78 is 19.0. The molecule has 0 bridgehead atoms. The van der Waals surface area contributed by atoms with Crippen LogP contribution in [0.3, 0.4) is 0 Å². The molecule has 0 amide bonds. The molecule has 0 radical (unpaired) electrons. The number of halogens is 2. The Bertz CT molecular complexity index is 662. The molecule has 1 aromatic heterocycles. The summed E-state index contributed by atoms with van der Waals surface area (Å²) in [5, 5.41) is 3.32. The average molecular weight is 310 g/mol. The smallest absolute Gasteiger partial charge is 0.146 e. The third-order valence-electron chi connectivity index (χ3n) is 3.05. The number of anilines is 2. The van der Waals surface area contributed by atoms with Gasteiger partial charge < -0.3 is 10.1 Å². The number of nitrogens with zero attached hydrogens (tertiary/aromatic N) is 2. The molecule has 0 saturated heterocycles. The summed E-state index contributed by atoms with van der Waals surface area (Å²) in [7, 11) is 1.53. The molecular formula is C15H17ClFN3O. The van der Waals surface area contributed by atoms with Gasteiger partial charge in [-0.2, -0.15) is 0 Å². The third kappa shape index (κ3) is 3.42. The van der Waals surface area contributed by atoms with Crippen LogP contribution in [0.5, 0.6) is 5.75 Å². The van der Waals surface area contributed by atoms with Gasteiger partial charge in [0.2, 0.25) is 0 Å². The van der Waals surface area contributed by atoms with Gasteiger partial charge in [0.15, 0.2) is 0 Å². The lowest BCUT2D eigenvalue weighted by atomic mass is 10.2. The van der Waals surface area contributed by atoms with Gasteiger partial charge in [-0.15, -0.1) is 0 Å². The van der Waals surface area contributed by atoms with Gasteiger partial charge in [0.25, 0.3) is 0 Å². The summed E-state index contributed by atoms with van der Waals surface area (Å²) in [6.07, 6.45) is 0. The maximum Gasteiger partial charge on any atom is 0.146 e. The third-order valence-corrected chi connectivity index (χ3v) is 3.41. The fourth-order valence-corrected chi connectivity index (χ4v) is 1.92. The predicted molar refractivity (Wildman–Crippen MR) is 82.1 cm³/mol. The van der Waals surface area contributed by atoms with Crippen molar-refractivity contribution in [2.45, 2.75) is 26.7 Å². The van der Waals surface area contributed by atoms with Crippen LogP contribution < -0.4 is 10.1 Å². The van der Waals surface area contributed by atoms with Crippen LogP contribution in [0, 0.1) is 12.7 Å². The van der Waals surface area contributed by atoms with E-state index in [0.717, 1.165) is 0 Å². The minimum absolute atomic E-state index is 0.124. The highest BCUT2D eigenvalue weighted by atomic mass is 35.5. The molecule has 0 aliphatic rings. The van der Waals surface area contributed by atoms with Crippen LogP contribution in [0.4, 0.5) is 15.9 Å². The van der Waals surface area contributed by atoms with Crippen LogP contribution in [0.25, 0.3) is 0 Å². The van der Waals surface area contributed by atoms with Gasteiger partial charge in [-0.3, -0.25) is 0 Å². The summed E-state index contributed by atoms with van der Waals surface area (Å²) in [6, 6.07) is 4.46. The molecule has 1 N–H and O–H groups in total. The number of nitrogens with one attached hydrogen (secondary N) is 1. The Morgan fingerprint density at radius 2 is 2.00 bits per heavy atom. The molecule has 2 aromatic rings. The van der Waals surface area contributed by atoms with Crippen LogP contribution in [-0.4, -0.2) is 17.1 Å². The molecule has 0 aliphatic heterocycles. The van der Waals surface area contributed by atoms with Crippen molar-refractivity contribution in [2.24, 2.45) is 0 Å². The van der Waals surface area contributed by atoms with Crippen molar-refractivity contribution in [3.8, 4) is 5.75 Å². The fourth-order valence-electron chi connectivity index (χ4n) is 1.74. The second-order valence-corrected chi connectivity index (χ2v) is 5.33. The molecule has 0 aliphatic carbocycles. The molecule has 0 fully saturated rings. The SMILES string of the molecule is COc1ccc(F)c(Nc2nc(C(C)C)nc(Cl)c2C)c1. The Morgan fingerprint density at radius 1 is 1.29 bits per heavy atom. The second-order valence-electron chi connectivity index (χ2n) is 4.97. The Labute approximate surface area is 128 Å². The molecule has 4 nitrogen and oxygen atoms in total. The normalized spacial score (nSPS) is 10.8. The molecule has 1 heterocycles. The first-order valence-corrected chi connectivity index (χ1v) is 6.94. The van der Waals surface area contributed by atoms with Crippen molar-refractivity contribution in [3.05, 3.63) is 40.6 Å². The summed E-state index contributed by atoms with van der Waals surface area (Å²) >= 11 is 6.12. The monoisotopic (exact) mass is 309 g/mol. The number of rotatable bonds is 4. The van der Waals surface area contributed by atoms with Crippen LogP contribution >= 0.6 is 11.6 Å². The maximum absolute atomic E-state index is 13.9. The molecule has 0 saturated carbocycles. The quantitative estimate of drug-likeness (QED) is 0.847. The zero-order valence-electron chi connectivity index (χ0n) is 12.4. The summed E-state index contributed by atoms with van der Waals surface area (Å²) in [5.74, 6) is 1.39. The number of hydrogen-bond acceptors (Lipinski definition) is 4. The number of hydrogen-bond donors (Lipinski definition) is 1. The van der Waals surface area contributed by atoms with Gasteiger partial charge in [-0.1, -0.05) is 25.4 Å². The molecule has 0 spiro atoms. The minimum atomic E-state index is -0.393. The first kappa shape index (κ1) is 15.5. The Morgan fingerprint density at radius 3 is 2.62 bits per heavy atom. The van der Waals surface area contributed by atoms with Crippen molar-refractivity contribution in [3.63, 3.8) is 0 Å². The molecular weight excluding hydrogens is 293 g/mol. The highest BCUT2D eigenvalue weighted by Crippen LogP contribution is 2.28. The van der Waals surface area contributed by atoms with Gasteiger partial charge >= 0.3 is 0 Å². The van der Waals surface area contributed by atoms with E-state index in [4.69, 9.17) is 16.3 Å². The van der Waals surface area contributed by atoms with Crippen molar-refractivity contribution in [1.29, 1.82) is 0 Å². The van der Waals surface area contributed by atoms with Crippen molar-refractivity contribution in [2.75, 3.05) is 12.4 Å². The highest BCUT2D eigenvalue weighted by molar-refractivity contribution is 6.30. The highest BCUT2D eigenvalue weighted by Gasteiger charge is 2.13. The van der Waals surface area contributed by atoms with Crippen molar-refractivity contribution >= 4 is 23.1 Å². The number of methoxy groups -OCH3 is 1. The molecule has 21 heavy (non-hydrogen) atoms. The lowest BCUT2D eigenvalue weighted by molar-refractivity contribution is 0.414. The summed E-state index contributed by atoms with van der Waals surface area (Å²) in [4.78, 5) is 8.64. The summed E-state index contributed by atoms with van der Waals surface area (Å²) in [5.41, 5.74) is 0.949. The topological polar surface area (TPSA) is 47.0 Å². The first-order chi connectivity index (χ1) is 9.92. The van der Waals surface area contributed by atoms with Crippen LogP contribution in [0.2, 0.25) is 5.15 Å². The molecule has 0 unspecified atom stereocenters. The largest absolute Gasteiger partial charge is 0.497 e. The standard InChI is InChI=1S/C15H17ClFN3O/c1-8(2)14-19-13(16)9(3)15(20-14)18-12-7-10(21-4)5-6-11(12)17/h5-8H,1-4H3,(H,18,19,20). The van der Waals surface area contributed by atoms with E-state index in [1.165, 1.54) is 13.2 Å². The lowest BCUT2D eigenvalue weighted by Crippen LogP contribution is -2.06. The van der Waals surface area contributed by atoms with E-state index in [9.17, 15) is 4.39 Å².